The number of fused-ring (bicyclic) bond motifs is 1. The molecule has 0 saturated carbocycles. The molecule has 0 amide bonds. The monoisotopic (exact) mass is 346 g/mol. The van der Waals surface area contributed by atoms with Gasteiger partial charge in [0.2, 0.25) is 10.0 Å². The highest BCUT2D eigenvalue weighted by Gasteiger charge is 2.30. The van der Waals surface area contributed by atoms with Crippen LogP contribution in [0.4, 0.5) is 0 Å². The Bertz CT molecular complexity index is 964. The summed E-state index contributed by atoms with van der Waals surface area (Å²) >= 11 is 0. The van der Waals surface area contributed by atoms with E-state index in [-0.39, 0.29) is 4.90 Å². The van der Waals surface area contributed by atoms with Crippen LogP contribution in [0.3, 0.4) is 0 Å². The van der Waals surface area contributed by atoms with E-state index in [0.29, 0.717) is 17.8 Å². The van der Waals surface area contributed by atoms with Crippen molar-refractivity contribution >= 4 is 20.9 Å². The molecule has 2 heterocycles. The van der Waals surface area contributed by atoms with Gasteiger partial charge < -0.3 is 4.98 Å². The maximum atomic E-state index is 12.8. The first-order valence-corrected chi connectivity index (χ1v) is 9.28. The lowest BCUT2D eigenvalue weighted by Gasteiger charge is -2.26. The highest BCUT2D eigenvalue weighted by molar-refractivity contribution is 7.89. The molecule has 0 unspecified atom stereocenters. The average Bonchev–Trinajstić information content (AvgIpc) is 3.02. The molecule has 128 valence electrons. The van der Waals surface area contributed by atoms with E-state index >= 15 is 0 Å². The minimum absolute atomic E-state index is 0.231. The van der Waals surface area contributed by atoms with Crippen LogP contribution in [0.2, 0.25) is 0 Å². The predicted octanol–water partition coefficient (Wildman–Crippen LogP) is 2.81. The Morgan fingerprint density at radius 3 is 2.58 bits per heavy atom. The number of hydrogen-bond acceptors (Lipinski definition) is 3. The van der Waals surface area contributed by atoms with Crippen molar-refractivity contribution in [2.45, 2.75) is 44.6 Å². The Balaban J connectivity index is 1.88. The number of nitrogens with one attached hydrogen (secondary N) is 3. The average molecular weight is 346 g/mol. The van der Waals surface area contributed by atoms with Gasteiger partial charge in [0.05, 0.1) is 11.4 Å². The number of aryl methyl sites for hydroxylation is 2. The molecule has 0 aliphatic carbocycles. The van der Waals surface area contributed by atoms with Crippen molar-refractivity contribution in [1.82, 2.24) is 19.9 Å². The van der Waals surface area contributed by atoms with Gasteiger partial charge in [0.1, 0.15) is 4.90 Å². The van der Waals surface area contributed by atoms with Crippen LogP contribution in [0.5, 0.6) is 0 Å². The smallest absolute Gasteiger partial charge is 0.244 e. The molecule has 0 saturated heterocycles. The van der Waals surface area contributed by atoms with Gasteiger partial charge in [-0.1, -0.05) is 18.2 Å². The summed E-state index contributed by atoms with van der Waals surface area (Å²) in [5, 5.41) is 7.82. The van der Waals surface area contributed by atoms with E-state index < -0.39 is 15.6 Å². The van der Waals surface area contributed by atoms with Crippen LogP contribution in [-0.4, -0.2) is 29.1 Å². The molecule has 0 spiro atoms. The van der Waals surface area contributed by atoms with Crippen molar-refractivity contribution in [2.24, 2.45) is 0 Å². The first-order valence-electron chi connectivity index (χ1n) is 7.80. The first kappa shape index (κ1) is 16.7. The maximum Gasteiger partial charge on any atom is 0.244 e. The van der Waals surface area contributed by atoms with Crippen LogP contribution < -0.4 is 4.72 Å². The quantitative estimate of drug-likeness (QED) is 0.663. The van der Waals surface area contributed by atoms with Gasteiger partial charge in [0.25, 0.3) is 0 Å². The number of para-hydroxylation sites is 1. The van der Waals surface area contributed by atoms with E-state index in [1.807, 2.05) is 44.3 Å². The molecule has 7 heteroatoms. The fraction of sp³-hybridized carbons (Fsp3) is 0.353. The van der Waals surface area contributed by atoms with E-state index in [0.717, 1.165) is 16.5 Å². The van der Waals surface area contributed by atoms with Crippen LogP contribution in [0.25, 0.3) is 10.9 Å². The second-order valence-corrected chi connectivity index (χ2v) is 8.41. The summed E-state index contributed by atoms with van der Waals surface area (Å²) in [4.78, 5) is 3.46. The lowest BCUT2D eigenvalue weighted by Crippen LogP contribution is -2.45. The predicted molar refractivity (Wildman–Crippen MR) is 94.5 cm³/mol. The van der Waals surface area contributed by atoms with Crippen molar-refractivity contribution in [2.75, 3.05) is 0 Å². The van der Waals surface area contributed by atoms with Crippen molar-refractivity contribution in [1.29, 1.82) is 0 Å². The van der Waals surface area contributed by atoms with Crippen molar-refractivity contribution < 1.29 is 8.42 Å². The van der Waals surface area contributed by atoms with Gasteiger partial charge in [-0.15, -0.1) is 0 Å². The van der Waals surface area contributed by atoms with Crippen LogP contribution in [-0.2, 0) is 16.4 Å². The zero-order valence-corrected chi connectivity index (χ0v) is 15.1. The normalized spacial score (nSPS) is 12.8. The molecule has 0 radical (unpaired) electrons. The van der Waals surface area contributed by atoms with Crippen LogP contribution in [0, 0.1) is 13.8 Å². The second kappa shape index (κ2) is 5.75. The summed E-state index contributed by atoms with van der Waals surface area (Å²) in [5.41, 5.74) is 2.51. The number of aromatic nitrogens is 3. The summed E-state index contributed by atoms with van der Waals surface area (Å²) in [7, 11) is -3.65. The number of benzene rings is 1. The summed E-state index contributed by atoms with van der Waals surface area (Å²) in [6.45, 7) is 7.17. The molecule has 0 bridgehead atoms. The molecular formula is C17H22N4O2S. The van der Waals surface area contributed by atoms with Gasteiger partial charge in [-0.2, -0.15) is 5.10 Å². The minimum atomic E-state index is -3.65. The van der Waals surface area contributed by atoms with E-state index in [9.17, 15) is 8.42 Å². The summed E-state index contributed by atoms with van der Waals surface area (Å²) < 4.78 is 28.3. The first-order chi connectivity index (χ1) is 11.2. The summed E-state index contributed by atoms with van der Waals surface area (Å²) in [5.74, 6) is 0. The Morgan fingerprint density at radius 2 is 1.92 bits per heavy atom. The standard InChI is InChI=1S/C17H22N4O2S/c1-11-16(12(2)20-19-11)24(22,23)21-17(3,4)9-13-10-18-15-8-6-5-7-14(13)15/h5-8,10,18,21H,9H2,1-4H3,(H,19,20). The molecular weight excluding hydrogens is 324 g/mol. The molecule has 24 heavy (non-hydrogen) atoms. The Kier molecular flexibility index (Phi) is 4.01. The third kappa shape index (κ3) is 3.09. The fourth-order valence-corrected chi connectivity index (χ4v) is 4.93. The number of sulfonamides is 1. The lowest BCUT2D eigenvalue weighted by molar-refractivity contribution is 0.451. The molecule has 2 aromatic heterocycles. The van der Waals surface area contributed by atoms with Crippen LogP contribution >= 0.6 is 0 Å². The molecule has 0 fully saturated rings. The Morgan fingerprint density at radius 1 is 1.21 bits per heavy atom. The Labute approximate surface area is 141 Å². The number of rotatable bonds is 5. The van der Waals surface area contributed by atoms with E-state index in [2.05, 4.69) is 19.9 Å². The summed E-state index contributed by atoms with van der Waals surface area (Å²) in [6, 6.07) is 8.00. The molecule has 1 aromatic carbocycles. The highest BCUT2D eigenvalue weighted by atomic mass is 32.2. The third-order valence-corrected chi connectivity index (χ3v) is 6.01. The molecule has 3 aromatic rings. The summed E-state index contributed by atoms with van der Waals surface area (Å²) in [6.07, 6.45) is 2.52. The molecule has 3 N–H and O–H groups in total. The van der Waals surface area contributed by atoms with Gasteiger partial charge >= 0.3 is 0 Å². The molecule has 6 nitrogen and oxygen atoms in total. The van der Waals surface area contributed by atoms with Crippen molar-refractivity contribution in [3.8, 4) is 0 Å². The topological polar surface area (TPSA) is 90.6 Å². The zero-order valence-electron chi connectivity index (χ0n) is 14.3. The van der Waals surface area contributed by atoms with E-state index in [1.54, 1.807) is 13.8 Å². The molecule has 0 aliphatic rings. The van der Waals surface area contributed by atoms with Gasteiger partial charge in [-0.3, -0.25) is 5.10 Å². The van der Waals surface area contributed by atoms with Crippen molar-refractivity contribution in [3.63, 3.8) is 0 Å². The van der Waals surface area contributed by atoms with Gasteiger partial charge in [-0.25, -0.2) is 13.1 Å². The number of hydrogen-bond donors (Lipinski definition) is 3. The molecule has 0 aliphatic heterocycles. The fourth-order valence-electron chi connectivity index (χ4n) is 3.14. The number of nitrogens with zero attached hydrogens (tertiary/aromatic N) is 1. The molecule has 0 atom stereocenters. The van der Waals surface area contributed by atoms with Gasteiger partial charge in [0.15, 0.2) is 0 Å². The van der Waals surface area contributed by atoms with Gasteiger partial charge in [0, 0.05) is 22.6 Å². The lowest BCUT2D eigenvalue weighted by atomic mass is 9.96. The largest absolute Gasteiger partial charge is 0.361 e. The number of H-pyrrole nitrogens is 2. The van der Waals surface area contributed by atoms with Gasteiger partial charge in [-0.05, 0) is 45.7 Å². The third-order valence-electron chi connectivity index (χ3n) is 4.05. The SMILES string of the molecule is Cc1n[nH]c(C)c1S(=O)(=O)NC(C)(C)Cc1c[nH]c2ccccc12. The van der Waals surface area contributed by atoms with Crippen LogP contribution in [0.15, 0.2) is 35.4 Å². The number of aromatic amines is 2. The highest BCUT2D eigenvalue weighted by Crippen LogP contribution is 2.25. The van der Waals surface area contributed by atoms with E-state index in [1.165, 1.54) is 0 Å². The minimum Gasteiger partial charge on any atom is -0.361 e. The zero-order chi connectivity index (χ0) is 17.5. The van der Waals surface area contributed by atoms with E-state index in [4.69, 9.17) is 0 Å². The van der Waals surface area contributed by atoms with Crippen LogP contribution in [0.1, 0.15) is 30.8 Å². The Hall–Kier alpha value is -2.12. The van der Waals surface area contributed by atoms with Crippen molar-refractivity contribution in [3.05, 3.63) is 47.4 Å². The maximum absolute atomic E-state index is 12.8. The second-order valence-electron chi connectivity index (χ2n) is 6.79. The molecule has 3 rings (SSSR count).